The lowest BCUT2D eigenvalue weighted by Gasteiger charge is -2.03. The average molecular weight is 260 g/mol. The van der Waals surface area contributed by atoms with Gasteiger partial charge < -0.3 is 14.2 Å². The summed E-state index contributed by atoms with van der Waals surface area (Å²) < 4.78 is 15.5. The highest BCUT2D eigenvalue weighted by atomic mass is 16.7. The van der Waals surface area contributed by atoms with Gasteiger partial charge in [0.2, 0.25) is 6.79 Å². The second-order valence-electron chi connectivity index (χ2n) is 4.32. The maximum absolute atomic E-state index is 11.2. The largest absolute Gasteiger partial charge is 0.460 e. The van der Waals surface area contributed by atoms with Crippen molar-refractivity contribution < 1.29 is 19.0 Å². The quantitative estimate of drug-likeness (QED) is 0.474. The molecule has 0 unspecified atom stereocenters. The minimum atomic E-state index is -0.342. The SMILES string of the molecule is CC(C)OC(=O)/C=C/C=C/c1ccc2c(c1)OCO2. The van der Waals surface area contributed by atoms with Crippen LogP contribution in [0.4, 0.5) is 0 Å². The summed E-state index contributed by atoms with van der Waals surface area (Å²) in [6, 6.07) is 5.67. The van der Waals surface area contributed by atoms with Crippen LogP contribution in [0.1, 0.15) is 19.4 Å². The van der Waals surface area contributed by atoms with E-state index in [1.165, 1.54) is 6.08 Å². The highest BCUT2D eigenvalue weighted by molar-refractivity contribution is 5.82. The molecule has 1 aromatic rings. The summed E-state index contributed by atoms with van der Waals surface area (Å²) in [5, 5.41) is 0. The molecule has 4 heteroatoms. The van der Waals surface area contributed by atoms with Crippen LogP contribution in [0.15, 0.2) is 36.4 Å². The van der Waals surface area contributed by atoms with Gasteiger partial charge in [-0.1, -0.05) is 24.3 Å². The first-order valence-electron chi connectivity index (χ1n) is 6.10. The Bertz CT molecular complexity index is 515. The van der Waals surface area contributed by atoms with Crippen LogP contribution in [0, 0.1) is 0 Å². The van der Waals surface area contributed by atoms with Gasteiger partial charge >= 0.3 is 5.97 Å². The Balaban J connectivity index is 1.92. The molecule has 19 heavy (non-hydrogen) atoms. The van der Waals surface area contributed by atoms with Crippen molar-refractivity contribution in [3.8, 4) is 11.5 Å². The van der Waals surface area contributed by atoms with Gasteiger partial charge in [-0.3, -0.25) is 0 Å². The third kappa shape index (κ3) is 3.88. The monoisotopic (exact) mass is 260 g/mol. The second-order valence-corrected chi connectivity index (χ2v) is 4.32. The minimum Gasteiger partial charge on any atom is -0.460 e. The van der Waals surface area contributed by atoms with E-state index in [2.05, 4.69) is 0 Å². The number of carbonyl (C=O) groups excluding carboxylic acids is 1. The predicted octanol–water partition coefficient (Wildman–Crippen LogP) is 2.94. The van der Waals surface area contributed by atoms with E-state index in [1.54, 1.807) is 12.2 Å². The number of esters is 1. The zero-order valence-electron chi connectivity index (χ0n) is 11.0. The lowest BCUT2D eigenvalue weighted by Crippen LogP contribution is -2.08. The van der Waals surface area contributed by atoms with Gasteiger partial charge in [-0.2, -0.15) is 0 Å². The lowest BCUT2D eigenvalue weighted by atomic mass is 10.2. The maximum Gasteiger partial charge on any atom is 0.330 e. The number of ether oxygens (including phenoxy) is 3. The molecule has 0 aromatic heterocycles. The number of benzene rings is 1. The van der Waals surface area contributed by atoms with Crippen molar-refractivity contribution in [3.05, 3.63) is 42.0 Å². The van der Waals surface area contributed by atoms with Gasteiger partial charge in [0.1, 0.15) is 0 Å². The molecular weight excluding hydrogens is 244 g/mol. The molecule has 0 saturated carbocycles. The van der Waals surface area contributed by atoms with Crippen LogP contribution >= 0.6 is 0 Å². The van der Waals surface area contributed by atoms with Crippen molar-refractivity contribution in [2.45, 2.75) is 20.0 Å². The molecule has 0 bridgehead atoms. The molecule has 0 aliphatic carbocycles. The maximum atomic E-state index is 11.2. The molecule has 0 radical (unpaired) electrons. The van der Waals surface area contributed by atoms with Crippen molar-refractivity contribution >= 4 is 12.0 Å². The van der Waals surface area contributed by atoms with Crippen LogP contribution in [0.2, 0.25) is 0 Å². The number of fused-ring (bicyclic) bond motifs is 1. The third-order valence-electron chi connectivity index (χ3n) is 2.38. The second kappa shape index (κ2) is 6.09. The zero-order valence-corrected chi connectivity index (χ0v) is 11.0. The standard InChI is InChI=1S/C15H16O4/c1-11(2)19-15(16)6-4-3-5-12-7-8-13-14(9-12)18-10-17-13/h3-9,11H,10H2,1-2H3/b5-3+,6-4+. The van der Waals surface area contributed by atoms with Crippen LogP contribution in [-0.2, 0) is 9.53 Å². The van der Waals surface area contributed by atoms with Crippen LogP contribution < -0.4 is 9.47 Å². The van der Waals surface area contributed by atoms with E-state index in [-0.39, 0.29) is 18.9 Å². The highest BCUT2D eigenvalue weighted by Gasteiger charge is 2.11. The first kappa shape index (κ1) is 13.2. The molecule has 0 N–H and O–H groups in total. The molecular formula is C15H16O4. The number of hydrogen-bond acceptors (Lipinski definition) is 4. The summed E-state index contributed by atoms with van der Waals surface area (Å²) in [5.41, 5.74) is 0.978. The van der Waals surface area contributed by atoms with Crippen LogP contribution in [0.5, 0.6) is 11.5 Å². The fraction of sp³-hybridized carbons (Fsp3) is 0.267. The first-order valence-corrected chi connectivity index (χ1v) is 6.10. The molecule has 0 spiro atoms. The normalized spacial score (nSPS) is 13.6. The van der Waals surface area contributed by atoms with Gasteiger partial charge in [0.15, 0.2) is 11.5 Å². The van der Waals surface area contributed by atoms with Gasteiger partial charge in [-0.25, -0.2) is 4.79 Å². The van der Waals surface area contributed by atoms with E-state index in [1.807, 2.05) is 38.1 Å². The number of carbonyl (C=O) groups is 1. The van der Waals surface area contributed by atoms with Crippen molar-refractivity contribution in [3.63, 3.8) is 0 Å². The van der Waals surface area contributed by atoms with Crippen molar-refractivity contribution in [1.29, 1.82) is 0 Å². The molecule has 0 fully saturated rings. The molecule has 100 valence electrons. The van der Waals surface area contributed by atoms with E-state index >= 15 is 0 Å². The molecule has 1 aliphatic heterocycles. The van der Waals surface area contributed by atoms with E-state index in [0.29, 0.717) is 0 Å². The number of hydrogen-bond donors (Lipinski definition) is 0. The molecule has 4 nitrogen and oxygen atoms in total. The summed E-state index contributed by atoms with van der Waals surface area (Å²) >= 11 is 0. The van der Waals surface area contributed by atoms with Crippen molar-refractivity contribution in [1.82, 2.24) is 0 Å². The van der Waals surface area contributed by atoms with E-state index < -0.39 is 0 Å². The topological polar surface area (TPSA) is 44.8 Å². The fourth-order valence-electron chi connectivity index (χ4n) is 1.59. The van der Waals surface area contributed by atoms with Gasteiger partial charge in [0.25, 0.3) is 0 Å². The summed E-state index contributed by atoms with van der Waals surface area (Å²) in [5.74, 6) is 1.16. The molecule has 1 aromatic carbocycles. The Morgan fingerprint density at radius 1 is 1.26 bits per heavy atom. The van der Waals surface area contributed by atoms with Crippen LogP contribution in [-0.4, -0.2) is 18.9 Å². The molecule has 0 atom stereocenters. The predicted molar refractivity (Wildman–Crippen MR) is 72.0 cm³/mol. The van der Waals surface area contributed by atoms with E-state index in [4.69, 9.17) is 14.2 Å². The van der Waals surface area contributed by atoms with E-state index in [9.17, 15) is 4.79 Å². The molecule has 2 rings (SSSR count). The Morgan fingerprint density at radius 2 is 2.05 bits per heavy atom. The van der Waals surface area contributed by atoms with E-state index in [0.717, 1.165) is 17.1 Å². The van der Waals surface area contributed by atoms with Gasteiger partial charge in [-0.05, 0) is 31.5 Å². The molecule has 0 saturated heterocycles. The Kier molecular flexibility index (Phi) is 4.23. The summed E-state index contributed by atoms with van der Waals surface area (Å²) in [6.45, 7) is 3.89. The van der Waals surface area contributed by atoms with Crippen LogP contribution in [0.25, 0.3) is 6.08 Å². The highest BCUT2D eigenvalue weighted by Crippen LogP contribution is 2.32. The molecule has 0 amide bonds. The van der Waals surface area contributed by atoms with Crippen LogP contribution in [0.3, 0.4) is 0 Å². The molecule has 1 aliphatic rings. The number of allylic oxidation sites excluding steroid dienone is 2. The molecule has 1 heterocycles. The first-order chi connectivity index (χ1) is 9.15. The average Bonchev–Trinajstić information content (AvgIpc) is 2.81. The summed E-state index contributed by atoms with van der Waals surface area (Å²) in [7, 11) is 0. The van der Waals surface area contributed by atoms with Gasteiger partial charge in [-0.15, -0.1) is 0 Å². The third-order valence-corrected chi connectivity index (χ3v) is 2.38. The van der Waals surface area contributed by atoms with Crippen molar-refractivity contribution in [2.75, 3.05) is 6.79 Å². The lowest BCUT2D eigenvalue weighted by molar-refractivity contribution is -0.141. The van der Waals surface area contributed by atoms with Gasteiger partial charge in [0, 0.05) is 6.08 Å². The smallest absolute Gasteiger partial charge is 0.330 e. The zero-order chi connectivity index (χ0) is 13.7. The van der Waals surface area contributed by atoms with Crippen molar-refractivity contribution in [2.24, 2.45) is 0 Å². The fourth-order valence-corrected chi connectivity index (χ4v) is 1.59. The Labute approximate surface area is 112 Å². The van der Waals surface area contributed by atoms with Gasteiger partial charge in [0.05, 0.1) is 6.10 Å². The Morgan fingerprint density at radius 3 is 2.84 bits per heavy atom. The Hall–Kier alpha value is -2.23. The number of rotatable bonds is 4. The summed E-state index contributed by atoms with van der Waals surface area (Å²) in [6.07, 6.45) is 6.59. The minimum absolute atomic E-state index is 0.102. The summed E-state index contributed by atoms with van der Waals surface area (Å²) in [4.78, 5) is 11.2.